The van der Waals surface area contributed by atoms with E-state index in [1.54, 1.807) is 0 Å². The van der Waals surface area contributed by atoms with Crippen LogP contribution in [0.4, 0.5) is 10.5 Å². The fourth-order valence-electron chi connectivity index (χ4n) is 2.87. The van der Waals surface area contributed by atoms with Gasteiger partial charge in [0, 0.05) is 17.3 Å². The highest BCUT2D eigenvalue weighted by Crippen LogP contribution is 2.32. The summed E-state index contributed by atoms with van der Waals surface area (Å²) in [6, 6.07) is 15.7. The van der Waals surface area contributed by atoms with Crippen molar-refractivity contribution in [1.29, 1.82) is 0 Å². The van der Waals surface area contributed by atoms with Gasteiger partial charge in [0.25, 0.3) is 0 Å². The van der Waals surface area contributed by atoms with Gasteiger partial charge in [0.15, 0.2) is 0 Å². The van der Waals surface area contributed by atoms with Crippen molar-refractivity contribution >= 4 is 23.3 Å². The molecule has 0 bridgehead atoms. The van der Waals surface area contributed by atoms with Crippen molar-refractivity contribution in [3.8, 4) is 0 Å². The van der Waals surface area contributed by atoms with Crippen LogP contribution >= 0.6 is 11.6 Å². The number of rotatable bonds is 2. The van der Waals surface area contributed by atoms with Crippen LogP contribution in [0.15, 0.2) is 48.5 Å². The molecule has 1 saturated heterocycles. The highest BCUT2D eigenvalue weighted by molar-refractivity contribution is 6.30. The van der Waals surface area contributed by atoms with E-state index in [0.29, 0.717) is 0 Å². The summed E-state index contributed by atoms with van der Waals surface area (Å²) < 4.78 is 0. The Hall–Kier alpha value is -2.00. The molecular formula is C18H19ClN2O. The van der Waals surface area contributed by atoms with Crippen LogP contribution in [0.2, 0.25) is 5.02 Å². The molecule has 3 rings (SSSR count). The van der Waals surface area contributed by atoms with Gasteiger partial charge in [-0.2, -0.15) is 0 Å². The molecule has 1 fully saturated rings. The summed E-state index contributed by atoms with van der Waals surface area (Å²) >= 11 is 5.94. The first-order valence-electron chi connectivity index (χ1n) is 7.53. The molecule has 0 saturated carbocycles. The number of carbonyl (C=O) groups is 1. The summed E-state index contributed by atoms with van der Waals surface area (Å²) in [7, 11) is 0. The number of amides is 2. The van der Waals surface area contributed by atoms with Crippen molar-refractivity contribution in [3.05, 3.63) is 64.7 Å². The summed E-state index contributed by atoms with van der Waals surface area (Å²) in [6.07, 6.45) is 2.01. The summed E-state index contributed by atoms with van der Waals surface area (Å²) in [5.74, 6) is 0. The van der Waals surface area contributed by atoms with Gasteiger partial charge < -0.3 is 10.2 Å². The number of halogens is 1. The Morgan fingerprint density at radius 2 is 1.82 bits per heavy atom. The molecule has 2 aromatic rings. The van der Waals surface area contributed by atoms with E-state index in [2.05, 4.69) is 5.32 Å². The van der Waals surface area contributed by atoms with E-state index in [4.69, 9.17) is 11.6 Å². The third-order valence-corrected chi connectivity index (χ3v) is 4.32. The minimum atomic E-state index is -0.0405. The van der Waals surface area contributed by atoms with Crippen LogP contribution in [-0.2, 0) is 0 Å². The molecule has 0 aromatic heterocycles. The molecule has 1 aliphatic rings. The lowest BCUT2D eigenvalue weighted by Crippen LogP contribution is -2.34. The van der Waals surface area contributed by atoms with Crippen LogP contribution in [0.3, 0.4) is 0 Å². The van der Waals surface area contributed by atoms with Crippen molar-refractivity contribution in [3.63, 3.8) is 0 Å². The Balaban J connectivity index is 1.73. The molecular weight excluding hydrogens is 296 g/mol. The minimum Gasteiger partial charge on any atom is -0.317 e. The fraction of sp³-hybridized carbons (Fsp3) is 0.278. The second-order valence-corrected chi connectivity index (χ2v) is 6.14. The number of hydrogen-bond donors (Lipinski definition) is 1. The van der Waals surface area contributed by atoms with Gasteiger partial charge in [0.2, 0.25) is 0 Å². The lowest BCUT2D eigenvalue weighted by atomic mass is 10.1. The van der Waals surface area contributed by atoms with E-state index in [1.165, 1.54) is 5.56 Å². The lowest BCUT2D eigenvalue weighted by Gasteiger charge is -2.25. The van der Waals surface area contributed by atoms with Crippen molar-refractivity contribution in [2.45, 2.75) is 25.8 Å². The summed E-state index contributed by atoms with van der Waals surface area (Å²) in [5, 5.41) is 3.70. The maximum absolute atomic E-state index is 12.5. The Morgan fingerprint density at radius 3 is 2.50 bits per heavy atom. The molecule has 2 aromatic carbocycles. The van der Waals surface area contributed by atoms with Crippen LogP contribution in [-0.4, -0.2) is 17.5 Å². The normalized spacial score (nSPS) is 17.5. The Bertz CT molecular complexity index is 652. The van der Waals surface area contributed by atoms with Crippen LogP contribution in [0.25, 0.3) is 0 Å². The number of nitrogens with one attached hydrogen (secondary N) is 1. The number of hydrogen-bond acceptors (Lipinski definition) is 1. The third-order valence-electron chi connectivity index (χ3n) is 4.07. The average Bonchev–Trinajstić information content (AvgIpc) is 3.00. The first kappa shape index (κ1) is 14.9. The third kappa shape index (κ3) is 3.25. The highest BCUT2D eigenvalue weighted by atomic mass is 35.5. The second-order valence-electron chi connectivity index (χ2n) is 5.70. The molecule has 22 heavy (non-hydrogen) atoms. The Labute approximate surface area is 135 Å². The number of benzene rings is 2. The second kappa shape index (κ2) is 6.41. The Morgan fingerprint density at radius 1 is 1.14 bits per heavy atom. The van der Waals surface area contributed by atoms with Crippen molar-refractivity contribution < 1.29 is 4.79 Å². The van der Waals surface area contributed by atoms with Gasteiger partial charge in [0.05, 0.1) is 6.04 Å². The molecule has 0 aliphatic carbocycles. The van der Waals surface area contributed by atoms with E-state index < -0.39 is 0 Å². The zero-order valence-corrected chi connectivity index (χ0v) is 13.3. The van der Waals surface area contributed by atoms with Gasteiger partial charge in [-0.3, -0.25) is 0 Å². The number of aryl methyl sites for hydroxylation is 1. The van der Waals surface area contributed by atoms with E-state index in [9.17, 15) is 4.79 Å². The number of carbonyl (C=O) groups excluding carboxylic acids is 1. The average molecular weight is 315 g/mol. The van der Waals surface area contributed by atoms with E-state index in [-0.39, 0.29) is 12.1 Å². The summed E-state index contributed by atoms with van der Waals surface area (Å²) in [5.41, 5.74) is 3.15. The topological polar surface area (TPSA) is 32.3 Å². The first-order chi connectivity index (χ1) is 10.6. The van der Waals surface area contributed by atoms with Gasteiger partial charge in [-0.15, -0.1) is 0 Å². The van der Waals surface area contributed by atoms with Gasteiger partial charge in [0.1, 0.15) is 0 Å². The standard InChI is InChI=1S/C18H19ClN2O/c1-13-4-10-16(11-5-13)20-18(22)21-12-2-3-17(21)14-6-8-15(19)9-7-14/h4-11,17H,2-3,12H2,1H3,(H,20,22)/t17-/m0/s1. The molecule has 1 heterocycles. The maximum Gasteiger partial charge on any atom is 0.322 e. The number of nitrogens with zero attached hydrogens (tertiary/aromatic N) is 1. The molecule has 0 unspecified atom stereocenters. The monoisotopic (exact) mass is 314 g/mol. The molecule has 1 aliphatic heterocycles. The molecule has 0 spiro atoms. The van der Waals surface area contributed by atoms with Crippen LogP contribution in [0, 0.1) is 6.92 Å². The number of likely N-dealkylation sites (tertiary alicyclic amines) is 1. The molecule has 1 atom stereocenters. The highest BCUT2D eigenvalue weighted by Gasteiger charge is 2.29. The smallest absolute Gasteiger partial charge is 0.317 e. The molecule has 2 amide bonds. The van der Waals surface area contributed by atoms with Gasteiger partial charge in [-0.1, -0.05) is 41.4 Å². The SMILES string of the molecule is Cc1ccc(NC(=O)N2CCC[C@H]2c2ccc(Cl)cc2)cc1. The Kier molecular flexibility index (Phi) is 4.34. The van der Waals surface area contributed by atoms with E-state index >= 15 is 0 Å². The summed E-state index contributed by atoms with van der Waals surface area (Å²) in [6.45, 7) is 2.81. The van der Waals surface area contributed by atoms with Gasteiger partial charge >= 0.3 is 6.03 Å². The molecule has 4 heteroatoms. The van der Waals surface area contributed by atoms with Gasteiger partial charge in [-0.05, 0) is 49.6 Å². The van der Waals surface area contributed by atoms with E-state index in [0.717, 1.165) is 35.7 Å². The predicted octanol–water partition coefficient (Wildman–Crippen LogP) is 5.02. The molecule has 114 valence electrons. The van der Waals surface area contributed by atoms with Crippen LogP contribution < -0.4 is 5.32 Å². The zero-order chi connectivity index (χ0) is 15.5. The van der Waals surface area contributed by atoms with Gasteiger partial charge in [-0.25, -0.2) is 4.79 Å². The minimum absolute atomic E-state index is 0.0405. The lowest BCUT2D eigenvalue weighted by molar-refractivity contribution is 0.207. The molecule has 1 N–H and O–H groups in total. The predicted molar refractivity (Wildman–Crippen MR) is 90.3 cm³/mol. The quantitative estimate of drug-likeness (QED) is 0.829. The molecule has 3 nitrogen and oxygen atoms in total. The zero-order valence-electron chi connectivity index (χ0n) is 12.6. The fourth-order valence-corrected chi connectivity index (χ4v) is 3.00. The first-order valence-corrected chi connectivity index (χ1v) is 7.91. The number of urea groups is 1. The van der Waals surface area contributed by atoms with Crippen molar-refractivity contribution in [1.82, 2.24) is 4.90 Å². The van der Waals surface area contributed by atoms with Crippen molar-refractivity contribution in [2.75, 3.05) is 11.9 Å². The largest absolute Gasteiger partial charge is 0.322 e. The van der Waals surface area contributed by atoms with Crippen molar-refractivity contribution in [2.24, 2.45) is 0 Å². The maximum atomic E-state index is 12.5. The molecule has 0 radical (unpaired) electrons. The number of anilines is 1. The summed E-state index contributed by atoms with van der Waals surface area (Å²) in [4.78, 5) is 14.4. The van der Waals surface area contributed by atoms with E-state index in [1.807, 2.05) is 60.4 Å². The van der Waals surface area contributed by atoms with Crippen LogP contribution in [0.1, 0.15) is 30.0 Å². The van der Waals surface area contributed by atoms with Crippen LogP contribution in [0.5, 0.6) is 0 Å².